The first-order valence-electron chi connectivity index (χ1n) is 9.90. The van der Waals surface area contributed by atoms with E-state index < -0.39 is 23.0 Å². The second-order valence-electron chi connectivity index (χ2n) is 7.06. The van der Waals surface area contributed by atoms with Gasteiger partial charge in [-0.15, -0.1) is 11.3 Å². The highest BCUT2D eigenvalue weighted by Crippen LogP contribution is 2.27. The molecule has 170 valence electrons. The van der Waals surface area contributed by atoms with Gasteiger partial charge >= 0.3 is 5.69 Å². The molecule has 0 aliphatic heterocycles. The van der Waals surface area contributed by atoms with E-state index in [0.29, 0.717) is 17.0 Å². The zero-order chi connectivity index (χ0) is 23.5. The molecule has 1 amide bonds. The Labute approximate surface area is 191 Å². The minimum atomic E-state index is -0.794. The molecule has 0 saturated heterocycles. The monoisotopic (exact) mass is 469 g/mol. The van der Waals surface area contributed by atoms with E-state index in [-0.39, 0.29) is 23.5 Å². The summed E-state index contributed by atoms with van der Waals surface area (Å²) in [5.41, 5.74) is -0.495. The maximum atomic E-state index is 14.4. The number of benzene rings is 2. The molecule has 1 N–H and O–H groups in total. The molecule has 0 radical (unpaired) electrons. The molecule has 0 fully saturated rings. The van der Waals surface area contributed by atoms with Crippen LogP contribution in [0.1, 0.15) is 5.56 Å². The number of hydrogen-bond acceptors (Lipinski definition) is 6. The van der Waals surface area contributed by atoms with Crippen LogP contribution in [0.4, 0.5) is 4.39 Å². The van der Waals surface area contributed by atoms with Crippen LogP contribution in [0.2, 0.25) is 0 Å². The van der Waals surface area contributed by atoms with E-state index in [2.05, 4.69) is 5.32 Å². The SMILES string of the molecule is COc1ccc(CNC(=O)Cn2c(=O)n(-c3ccccc3F)c(=O)c3sccc32)cc1OC. The van der Waals surface area contributed by atoms with Gasteiger partial charge in [0.2, 0.25) is 5.91 Å². The molecule has 0 aliphatic carbocycles. The minimum Gasteiger partial charge on any atom is -0.493 e. The van der Waals surface area contributed by atoms with Gasteiger partial charge < -0.3 is 14.8 Å². The second-order valence-corrected chi connectivity index (χ2v) is 7.98. The quantitative estimate of drug-likeness (QED) is 0.449. The molecule has 0 atom stereocenters. The Morgan fingerprint density at radius 3 is 2.55 bits per heavy atom. The van der Waals surface area contributed by atoms with Crippen LogP contribution in [0.5, 0.6) is 11.5 Å². The smallest absolute Gasteiger partial charge is 0.336 e. The fraction of sp³-hybridized carbons (Fsp3) is 0.174. The van der Waals surface area contributed by atoms with E-state index in [1.54, 1.807) is 29.6 Å². The van der Waals surface area contributed by atoms with Crippen LogP contribution in [0.15, 0.2) is 63.5 Å². The van der Waals surface area contributed by atoms with Crippen LogP contribution >= 0.6 is 11.3 Å². The summed E-state index contributed by atoms with van der Waals surface area (Å²) in [7, 11) is 3.05. The Kier molecular flexibility index (Phi) is 6.27. The van der Waals surface area contributed by atoms with Crippen molar-refractivity contribution in [2.45, 2.75) is 13.1 Å². The highest BCUT2D eigenvalue weighted by atomic mass is 32.1. The summed E-state index contributed by atoms with van der Waals surface area (Å²) in [5, 5.41) is 4.40. The minimum absolute atomic E-state index is 0.165. The number of methoxy groups -OCH3 is 2. The molecular formula is C23H20FN3O5S. The summed E-state index contributed by atoms with van der Waals surface area (Å²) in [6.07, 6.45) is 0. The van der Waals surface area contributed by atoms with Gasteiger partial charge in [-0.2, -0.15) is 0 Å². The number of para-hydroxylation sites is 1. The first-order chi connectivity index (χ1) is 15.9. The number of fused-ring (bicyclic) bond motifs is 1. The van der Waals surface area contributed by atoms with Gasteiger partial charge in [0.05, 0.1) is 25.4 Å². The molecule has 2 aromatic carbocycles. The lowest BCUT2D eigenvalue weighted by molar-refractivity contribution is -0.121. The molecule has 4 rings (SSSR count). The van der Waals surface area contributed by atoms with E-state index in [4.69, 9.17) is 9.47 Å². The standard InChI is InChI=1S/C23H20FN3O5S/c1-31-18-8-7-14(11-19(18)32-2)12-25-20(28)13-26-17-9-10-33-21(17)22(29)27(23(26)30)16-6-4-3-5-15(16)24/h3-11H,12-13H2,1-2H3,(H,25,28). The van der Waals surface area contributed by atoms with Crippen molar-refractivity contribution in [3.63, 3.8) is 0 Å². The summed E-state index contributed by atoms with van der Waals surface area (Å²) < 4.78 is 27.0. The van der Waals surface area contributed by atoms with E-state index in [0.717, 1.165) is 21.5 Å². The van der Waals surface area contributed by atoms with Crippen molar-refractivity contribution in [2.24, 2.45) is 0 Å². The van der Waals surface area contributed by atoms with Crippen LogP contribution < -0.4 is 26.0 Å². The Morgan fingerprint density at radius 1 is 1.06 bits per heavy atom. The molecule has 2 aromatic heterocycles. The number of aromatic nitrogens is 2. The zero-order valence-electron chi connectivity index (χ0n) is 17.8. The van der Waals surface area contributed by atoms with Gasteiger partial charge in [0.25, 0.3) is 5.56 Å². The largest absolute Gasteiger partial charge is 0.493 e. The van der Waals surface area contributed by atoms with Crippen molar-refractivity contribution < 1.29 is 18.7 Å². The average Bonchev–Trinajstić information content (AvgIpc) is 3.31. The van der Waals surface area contributed by atoms with Gasteiger partial charge in [-0.05, 0) is 41.3 Å². The number of carbonyl (C=O) groups is 1. The summed E-state index contributed by atoms with van der Waals surface area (Å²) in [6.45, 7) is -0.151. The summed E-state index contributed by atoms with van der Waals surface area (Å²) in [4.78, 5) is 38.8. The molecule has 33 heavy (non-hydrogen) atoms. The lowest BCUT2D eigenvalue weighted by atomic mass is 10.2. The van der Waals surface area contributed by atoms with Gasteiger partial charge in [-0.25, -0.2) is 13.8 Å². The van der Waals surface area contributed by atoms with Gasteiger partial charge in [-0.1, -0.05) is 18.2 Å². The first kappa shape index (κ1) is 22.3. The molecule has 0 aliphatic rings. The first-order valence-corrected chi connectivity index (χ1v) is 10.8. The van der Waals surface area contributed by atoms with Gasteiger partial charge in [-0.3, -0.25) is 14.2 Å². The average molecular weight is 469 g/mol. The Hall–Kier alpha value is -3.92. The molecule has 10 heteroatoms. The fourth-order valence-corrected chi connectivity index (χ4v) is 4.30. The van der Waals surface area contributed by atoms with E-state index >= 15 is 0 Å². The molecule has 0 saturated carbocycles. The second kappa shape index (κ2) is 9.29. The highest BCUT2D eigenvalue weighted by Gasteiger charge is 2.19. The molecule has 2 heterocycles. The third kappa shape index (κ3) is 4.24. The van der Waals surface area contributed by atoms with Crippen molar-refractivity contribution in [1.82, 2.24) is 14.5 Å². The maximum absolute atomic E-state index is 14.4. The van der Waals surface area contributed by atoms with Crippen molar-refractivity contribution in [2.75, 3.05) is 14.2 Å². The lowest BCUT2D eigenvalue weighted by Gasteiger charge is -2.13. The predicted octanol–water partition coefficient (Wildman–Crippen LogP) is 2.69. The zero-order valence-corrected chi connectivity index (χ0v) is 18.6. The highest BCUT2D eigenvalue weighted by molar-refractivity contribution is 7.17. The van der Waals surface area contributed by atoms with E-state index in [9.17, 15) is 18.8 Å². The van der Waals surface area contributed by atoms with Crippen molar-refractivity contribution in [3.8, 4) is 17.2 Å². The van der Waals surface area contributed by atoms with Crippen LogP contribution in [0, 0.1) is 5.82 Å². The third-order valence-electron chi connectivity index (χ3n) is 5.09. The third-order valence-corrected chi connectivity index (χ3v) is 5.98. The number of ether oxygens (including phenoxy) is 2. The maximum Gasteiger partial charge on any atom is 0.336 e. The lowest BCUT2D eigenvalue weighted by Crippen LogP contribution is -2.41. The Bertz CT molecular complexity index is 1460. The predicted molar refractivity (Wildman–Crippen MR) is 123 cm³/mol. The van der Waals surface area contributed by atoms with Crippen LogP contribution in [-0.2, 0) is 17.9 Å². The van der Waals surface area contributed by atoms with Crippen LogP contribution in [0.3, 0.4) is 0 Å². The van der Waals surface area contributed by atoms with Gasteiger partial charge in [0, 0.05) is 6.54 Å². The fourth-order valence-electron chi connectivity index (χ4n) is 3.48. The van der Waals surface area contributed by atoms with Crippen LogP contribution in [0.25, 0.3) is 15.9 Å². The number of amides is 1. The van der Waals surface area contributed by atoms with Crippen molar-refractivity contribution in [1.29, 1.82) is 0 Å². The van der Waals surface area contributed by atoms with Crippen LogP contribution in [-0.4, -0.2) is 29.3 Å². The van der Waals surface area contributed by atoms with E-state index in [1.165, 1.54) is 43.1 Å². The number of carbonyl (C=O) groups excluding carboxylic acids is 1. The van der Waals surface area contributed by atoms with Gasteiger partial charge in [0.15, 0.2) is 11.5 Å². The van der Waals surface area contributed by atoms with E-state index in [1.807, 2.05) is 0 Å². The number of hydrogen-bond donors (Lipinski definition) is 1. The summed E-state index contributed by atoms with van der Waals surface area (Å²) >= 11 is 1.12. The number of rotatable bonds is 7. The Balaban J connectivity index is 1.65. The molecule has 4 aromatic rings. The Morgan fingerprint density at radius 2 is 1.82 bits per heavy atom. The summed E-state index contributed by atoms with van der Waals surface area (Å²) in [5.74, 6) is -0.0676. The molecular weight excluding hydrogens is 449 g/mol. The number of nitrogens with zero attached hydrogens (tertiary/aromatic N) is 2. The van der Waals surface area contributed by atoms with Gasteiger partial charge in [0.1, 0.15) is 17.1 Å². The molecule has 8 nitrogen and oxygen atoms in total. The number of thiophene rings is 1. The molecule has 0 spiro atoms. The molecule has 0 unspecified atom stereocenters. The normalized spacial score (nSPS) is 10.9. The van der Waals surface area contributed by atoms with Crippen molar-refractivity contribution >= 4 is 27.5 Å². The topological polar surface area (TPSA) is 91.6 Å². The van der Waals surface area contributed by atoms with Crippen molar-refractivity contribution in [3.05, 3.63) is 86.1 Å². The number of halogens is 1. The number of nitrogens with one attached hydrogen (secondary N) is 1. The summed E-state index contributed by atoms with van der Waals surface area (Å²) in [6, 6.07) is 12.3. The molecule has 0 bridgehead atoms.